The van der Waals surface area contributed by atoms with E-state index < -0.39 is 0 Å². The van der Waals surface area contributed by atoms with Crippen molar-refractivity contribution in [2.45, 2.75) is 45.7 Å². The number of halogens is 1. The molecule has 0 spiro atoms. The fourth-order valence-corrected chi connectivity index (χ4v) is 3.31. The average Bonchev–Trinajstić information content (AvgIpc) is 2.91. The lowest BCUT2D eigenvalue weighted by molar-refractivity contribution is -0.142. The third-order valence-corrected chi connectivity index (χ3v) is 4.83. The normalized spacial score (nSPS) is 19.3. The first-order valence-electron chi connectivity index (χ1n) is 7.26. The Labute approximate surface area is 138 Å². The van der Waals surface area contributed by atoms with E-state index in [1.165, 1.54) is 0 Å². The smallest absolute Gasteiger partial charge is 0.246 e. The summed E-state index contributed by atoms with van der Waals surface area (Å²) in [5.74, 6) is 1.83. The Kier molecular flexibility index (Phi) is 9.33. The van der Waals surface area contributed by atoms with Crippen LogP contribution in [0.2, 0.25) is 0 Å². The van der Waals surface area contributed by atoms with E-state index in [-0.39, 0.29) is 36.3 Å². The second kappa shape index (κ2) is 9.54. The quantitative estimate of drug-likeness (QED) is 0.798. The fraction of sp³-hybridized carbons (Fsp3) is 0.857. The number of likely N-dealkylation sites (N-methyl/N-ethyl adjacent to an activating group) is 1. The zero-order valence-corrected chi connectivity index (χ0v) is 15.0. The van der Waals surface area contributed by atoms with Crippen molar-refractivity contribution in [3.05, 3.63) is 0 Å². The summed E-state index contributed by atoms with van der Waals surface area (Å²) in [6.45, 7) is 6.65. The predicted octanol–water partition coefficient (Wildman–Crippen LogP) is 1.55. The summed E-state index contributed by atoms with van der Waals surface area (Å²) in [6, 6.07) is -0.190. The Morgan fingerprint density at radius 3 is 2.57 bits per heavy atom. The number of hydrogen-bond donors (Lipinski definition) is 1. The Morgan fingerprint density at radius 2 is 2.05 bits per heavy atom. The van der Waals surface area contributed by atoms with Crippen molar-refractivity contribution >= 4 is 36.0 Å². The van der Waals surface area contributed by atoms with Crippen molar-refractivity contribution in [3.8, 4) is 0 Å². The van der Waals surface area contributed by atoms with E-state index in [1.807, 2.05) is 6.92 Å². The van der Waals surface area contributed by atoms with Gasteiger partial charge in [-0.3, -0.25) is 9.59 Å². The van der Waals surface area contributed by atoms with Gasteiger partial charge in [-0.2, -0.15) is 0 Å². The van der Waals surface area contributed by atoms with Gasteiger partial charge in [0.15, 0.2) is 0 Å². The topological polar surface area (TPSA) is 66.6 Å². The van der Waals surface area contributed by atoms with Gasteiger partial charge in [-0.15, -0.1) is 24.2 Å². The van der Waals surface area contributed by atoms with Crippen molar-refractivity contribution in [2.24, 2.45) is 11.7 Å². The molecule has 0 aliphatic carbocycles. The van der Waals surface area contributed by atoms with E-state index in [0.29, 0.717) is 30.5 Å². The van der Waals surface area contributed by atoms with Gasteiger partial charge in [0.25, 0.3) is 0 Å². The molecule has 124 valence electrons. The van der Waals surface area contributed by atoms with E-state index in [1.54, 1.807) is 28.6 Å². The van der Waals surface area contributed by atoms with Crippen molar-refractivity contribution in [3.63, 3.8) is 0 Å². The molecule has 1 saturated heterocycles. The van der Waals surface area contributed by atoms with Crippen LogP contribution < -0.4 is 5.73 Å². The van der Waals surface area contributed by atoms with E-state index in [2.05, 4.69) is 13.8 Å². The van der Waals surface area contributed by atoms with Crippen LogP contribution in [0.5, 0.6) is 0 Å². The van der Waals surface area contributed by atoms with E-state index in [4.69, 9.17) is 5.73 Å². The molecule has 0 radical (unpaired) electrons. The molecule has 2 atom stereocenters. The van der Waals surface area contributed by atoms with Crippen LogP contribution in [-0.4, -0.2) is 58.9 Å². The first-order valence-corrected chi connectivity index (χ1v) is 8.41. The summed E-state index contributed by atoms with van der Waals surface area (Å²) in [5.41, 5.74) is 6.01. The number of nitrogens with two attached hydrogens (primary N) is 1. The molecule has 0 aromatic heterocycles. The summed E-state index contributed by atoms with van der Waals surface area (Å²) in [4.78, 5) is 27.7. The third kappa shape index (κ3) is 5.68. The molecule has 21 heavy (non-hydrogen) atoms. The summed E-state index contributed by atoms with van der Waals surface area (Å²) < 4.78 is 0. The number of rotatable bonds is 6. The molecular formula is C14H28ClN3O2S. The Bertz CT molecular complexity index is 355. The highest BCUT2D eigenvalue weighted by Crippen LogP contribution is 2.23. The second-order valence-corrected chi connectivity index (χ2v) is 6.69. The van der Waals surface area contributed by atoms with Gasteiger partial charge >= 0.3 is 0 Å². The number of thioether (sulfide) groups is 1. The van der Waals surface area contributed by atoms with Crippen LogP contribution in [0.1, 0.15) is 33.6 Å². The molecule has 2 amide bonds. The summed E-state index contributed by atoms with van der Waals surface area (Å²) >= 11 is 1.64. The molecule has 1 heterocycles. The van der Waals surface area contributed by atoms with Crippen LogP contribution in [0.3, 0.4) is 0 Å². The minimum atomic E-state index is -0.298. The van der Waals surface area contributed by atoms with Gasteiger partial charge in [0.05, 0.1) is 5.88 Å². The largest absolute Gasteiger partial charge is 0.344 e. The van der Waals surface area contributed by atoms with E-state index in [0.717, 1.165) is 6.42 Å². The monoisotopic (exact) mass is 337 g/mol. The van der Waals surface area contributed by atoms with Gasteiger partial charge in [-0.1, -0.05) is 20.8 Å². The highest BCUT2D eigenvalue weighted by atomic mass is 35.5. The number of amides is 2. The molecule has 1 aliphatic rings. The lowest BCUT2D eigenvalue weighted by Crippen LogP contribution is -2.48. The molecule has 1 rings (SSSR count). The molecule has 0 bridgehead atoms. The summed E-state index contributed by atoms with van der Waals surface area (Å²) in [6.07, 6.45) is 1.24. The average molecular weight is 338 g/mol. The summed E-state index contributed by atoms with van der Waals surface area (Å²) in [7, 11) is 1.80. The molecule has 0 saturated carbocycles. The van der Waals surface area contributed by atoms with Gasteiger partial charge in [-0.25, -0.2) is 0 Å². The highest BCUT2D eigenvalue weighted by Gasteiger charge is 2.35. The maximum Gasteiger partial charge on any atom is 0.246 e. The molecule has 2 N–H and O–H groups in total. The highest BCUT2D eigenvalue weighted by molar-refractivity contribution is 7.99. The van der Waals surface area contributed by atoms with Gasteiger partial charge in [-0.05, 0) is 12.3 Å². The van der Waals surface area contributed by atoms with Gasteiger partial charge in [0.2, 0.25) is 11.8 Å². The van der Waals surface area contributed by atoms with Crippen LogP contribution in [-0.2, 0) is 9.59 Å². The SMILES string of the molecule is CCC(=O)N1CSCC1C(=O)N(C)CCC(N)C(C)C.Cl. The third-order valence-electron chi connectivity index (χ3n) is 3.82. The lowest BCUT2D eigenvalue weighted by Gasteiger charge is -2.28. The first kappa shape index (κ1) is 20.5. The minimum absolute atomic E-state index is 0. The molecular weight excluding hydrogens is 310 g/mol. The summed E-state index contributed by atoms with van der Waals surface area (Å²) in [5, 5.41) is 0. The number of carbonyl (C=O) groups excluding carboxylic acids is 2. The van der Waals surface area contributed by atoms with Crippen molar-refractivity contribution < 1.29 is 9.59 Å². The Hall–Kier alpha value is -0.460. The Morgan fingerprint density at radius 1 is 1.43 bits per heavy atom. The molecule has 0 aromatic rings. The molecule has 5 nitrogen and oxygen atoms in total. The van der Waals surface area contributed by atoms with E-state index in [9.17, 15) is 9.59 Å². The minimum Gasteiger partial charge on any atom is -0.344 e. The number of hydrogen-bond acceptors (Lipinski definition) is 4. The van der Waals surface area contributed by atoms with E-state index >= 15 is 0 Å². The predicted molar refractivity (Wildman–Crippen MR) is 90.6 cm³/mol. The van der Waals surface area contributed by atoms with Crippen molar-refractivity contribution in [2.75, 3.05) is 25.2 Å². The van der Waals surface area contributed by atoms with Crippen LogP contribution in [0.15, 0.2) is 0 Å². The molecule has 1 fully saturated rings. The van der Waals surface area contributed by atoms with Gasteiger partial charge in [0.1, 0.15) is 6.04 Å². The second-order valence-electron chi connectivity index (χ2n) is 5.69. The standard InChI is InChI=1S/C14H27N3O2S.ClH/c1-5-13(18)17-9-20-8-12(17)14(19)16(4)7-6-11(15)10(2)3;/h10-12H,5-9,15H2,1-4H3;1H. The van der Waals surface area contributed by atoms with Crippen LogP contribution >= 0.6 is 24.2 Å². The molecule has 7 heteroatoms. The zero-order valence-electron chi connectivity index (χ0n) is 13.4. The molecule has 2 unspecified atom stereocenters. The maximum atomic E-state index is 12.4. The van der Waals surface area contributed by atoms with Crippen molar-refractivity contribution in [1.82, 2.24) is 9.80 Å². The van der Waals surface area contributed by atoms with Gasteiger partial charge < -0.3 is 15.5 Å². The zero-order chi connectivity index (χ0) is 15.3. The first-order chi connectivity index (χ1) is 9.38. The van der Waals surface area contributed by atoms with Crippen molar-refractivity contribution in [1.29, 1.82) is 0 Å². The number of carbonyl (C=O) groups is 2. The van der Waals surface area contributed by atoms with Crippen LogP contribution in [0, 0.1) is 5.92 Å². The maximum absolute atomic E-state index is 12.4. The van der Waals surface area contributed by atoms with Crippen LogP contribution in [0.25, 0.3) is 0 Å². The Balaban J connectivity index is 0.00000400. The van der Waals surface area contributed by atoms with Crippen LogP contribution in [0.4, 0.5) is 0 Å². The fourth-order valence-electron chi connectivity index (χ4n) is 2.14. The lowest BCUT2D eigenvalue weighted by atomic mass is 10.0. The van der Waals surface area contributed by atoms with Gasteiger partial charge in [0, 0.05) is 31.8 Å². The molecule has 1 aliphatic heterocycles. The number of nitrogens with zero attached hydrogens (tertiary/aromatic N) is 2. The molecule has 0 aromatic carbocycles.